The average Bonchev–Trinajstić information content (AvgIpc) is 3.25. The third kappa shape index (κ3) is 3.23. The molecular weight excluding hydrogens is 360 g/mol. The Labute approximate surface area is 160 Å². The third-order valence-electron chi connectivity index (χ3n) is 4.25. The van der Waals surface area contributed by atoms with Crippen LogP contribution in [0.4, 0.5) is 5.69 Å². The second kappa shape index (κ2) is 6.62. The second-order valence-electron chi connectivity index (χ2n) is 6.72. The van der Waals surface area contributed by atoms with Crippen LogP contribution in [-0.2, 0) is 4.79 Å². The van der Waals surface area contributed by atoms with Crippen LogP contribution in [0.15, 0.2) is 30.7 Å². The van der Waals surface area contributed by atoms with Crippen LogP contribution < -0.4 is 5.32 Å². The van der Waals surface area contributed by atoms with Crippen LogP contribution in [0.5, 0.6) is 0 Å². The molecule has 0 saturated heterocycles. The van der Waals surface area contributed by atoms with Crippen molar-refractivity contribution in [1.29, 1.82) is 0 Å². The lowest BCUT2D eigenvalue weighted by molar-refractivity contribution is -0.111. The lowest BCUT2D eigenvalue weighted by Gasteiger charge is -2.06. The number of rotatable bonds is 4. The molecule has 138 valence electrons. The van der Waals surface area contributed by atoms with Gasteiger partial charge in [0.15, 0.2) is 10.6 Å². The van der Waals surface area contributed by atoms with Gasteiger partial charge in [0, 0.05) is 28.6 Å². The monoisotopic (exact) mass is 380 g/mol. The summed E-state index contributed by atoms with van der Waals surface area (Å²) in [6, 6.07) is 2.11. The molecule has 0 fully saturated rings. The van der Waals surface area contributed by atoms with Gasteiger partial charge in [0.05, 0.1) is 29.5 Å². The van der Waals surface area contributed by atoms with Gasteiger partial charge in [0.1, 0.15) is 0 Å². The van der Waals surface area contributed by atoms with E-state index in [2.05, 4.69) is 34.2 Å². The lowest BCUT2D eigenvalue weighted by Crippen LogP contribution is -2.08. The molecule has 8 heteroatoms. The predicted molar refractivity (Wildman–Crippen MR) is 108 cm³/mol. The van der Waals surface area contributed by atoms with Crippen LogP contribution in [0.3, 0.4) is 0 Å². The molecule has 1 amide bonds. The van der Waals surface area contributed by atoms with E-state index in [9.17, 15) is 4.79 Å². The van der Waals surface area contributed by atoms with Gasteiger partial charge in [-0.05, 0) is 39.8 Å². The van der Waals surface area contributed by atoms with Crippen molar-refractivity contribution in [3.8, 4) is 0 Å². The lowest BCUT2D eigenvalue weighted by atomic mass is 10.3. The Morgan fingerprint density at radius 3 is 2.89 bits per heavy atom. The molecule has 4 aromatic rings. The third-order valence-corrected chi connectivity index (χ3v) is 5.14. The van der Waals surface area contributed by atoms with Crippen molar-refractivity contribution in [2.45, 2.75) is 33.7 Å². The van der Waals surface area contributed by atoms with Crippen LogP contribution in [0.25, 0.3) is 22.1 Å². The van der Waals surface area contributed by atoms with E-state index in [0.717, 1.165) is 27.4 Å². The van der Waals surface area contributed by atoms with Crippen molar-refractivity contribution >= 4 is 45.0 Å². The summed E-state index contributed by atoms with van der Waals surface area (Å²) in [4.78, 5) is 23.4. The summed E-state index contributed by atoms with van der Waals surface area (Å²) in [7, 11) is 0. The fraction of sp³-hybridized carbons (Fsp3) is 0.263. The van der Waals surface area contributed by atoms with Gasteiger partial charge in [-0.3, -0.25) is 9.20 Å². The number of carbonyl (C=O) groups is 1. The SMILES string of the molecule is Cc1cn2c(/C=C/C(=O)Nc3cnc4c(cnn4C(C)C)c3)c(C)nc2s1. The number of amides is 1. The first-order valence-electron chi connectivity index (χ1n) is 8.70. The summed E-state index contributed by atoms with van der Waals surface area (Å²) in [5.74, 6) is -0.214. The van der Waals surface area contributed by atoms with Crippen LogP contribution in [0.2, 0.25) is 0 Å². The molecular formula is C19H20N6OS. The van der Waals surface area contributed by atoms with Gasteiger partial charge < -0.3 is 5.32 Å². The fourth-order valence-corrected chi connectivity index (χ4v) is 3.88. The van der Waals surface area contributed by atoms with Crippen molar-refractivity contribution in [2.24, 2.45) is 0 Å². The topological polar surface area (TPSA) is 77.1 Å². The van der Waals surface area contributed by atoms with Crippen molar-refractivity contribution in [1.82, 2.24) is 24.1 Å². The van der Waals surface area contributed by atoms with Crippen LogP contribution in [-0.4, -0.2) is 30.1 Å². The van der Waals surface area contributed by atoms with E-state index in [0.29, 0.717) is 5.69 Å². The smallest absolute Gasteiger partial charge is 0.248 e. The highest BCUT2D eigenvalue weighted by molar-refractivity contribution is 7.17. The summed E-state index contributed by atoms with van der Waals surface area (Å²) in [5, 5.41) is 8.10. The first-order chi connectivity index (χ1) is 12.9. The van der Waals surface area contributed by atoms with Gasteiger partial charge >= 0.3 is 0 Å². The van der Waals surface area contributed by atoms with Gasteiger partial charge in [0.2, 0.25) is 5.91 Å². The maximum Gasteiger partial charge on any atom is 0.248 e. The zero-order valence-corrected chi connectivity index (χ0v) is 16.4. The Hall–Kier alpha value is -3.00. The number of hydrogen-bond donors (Lipinski definition) is 1. The van der Waals surface area contributed by atoms with Gasteiger partial charge in [-0.25, -0.2) is 14.6 Å². The van der Waals surface area contributed by atoms with E-state index in [1.165, 1.54) is 11.0 Å². The molecule has 7 nitrogen and oxygen atoms in total. The molecule has 0 spiro atoms. The van der Waals surface area contributed by atoms with E-state index < -0.39 is 0 Å². The molecule has 0 aliphatic rings. The summed E-state index contributed by atoms with van der Waals surface area (Å²) in [6.07, 6.45) is 8.75. The molecule has 4 heterocycles. The fourth-order valence-electron chi connectivity index (χ4n) is 3.01. The minimum absolute atomic E-state index is 0.214. The molecule has 0 aromatic carbocycles. The van der Waals surface area contributed by atoms with Crippen molar-refractivity contribution < 1.29 is 4.79 Å². The predicted octanol–water partition coefficient (Wildman–Crippen LogP) is 3.99. The van der Waals surface area contributed by atoms with Gasteiger partial charge in [-0.15, -0.1) is 11.3 Å². The maximum absolute atomic E-state index is 12.3. The molecule has 27 heavy (non-hydrogen) atoms. The Balaban J connectivity index is 1.54. The first kappa shape index (κ1) is 17.4. The van der Waals surface area contributed by atoms with Gasteiger partial charge in [-0.2, -0.15) is 5.10 Å². The molecule has 4 rings (SSSR count). The maximum atomic E-state index is 12.3. The Bertz CT molecular complexity index is 1180. The van der Waals surface area contributed by atoms with Crippen LogP contribution in [0.1, 0.15) is 36.2 Å². The molecule has 0 atom stereocenters. The highest BCUT2D eigenvalue weighted by Crippen LogP contribution is 2.22. The zero-order valence-electron chi connectivity index (χ0n) is 15.6. The Morgan fingerprint density at radius 1 is 1.30 bits per heavy atom. The van der Waals surface area contributed by atoms with E-state index in [4.69, 9.17) is 0 Å². The molecule has 0 aliphatic heterocycles. The summed E-state index contributed by atoms with van der Waals surface area (Å²) >= 11 is 1.63. The molecule has 0 bridgehead atoms. The quantitative estimate of drug-likeness (QED) is 0.543. The van der Waals surface area contributed by atoms with Crippen molar-refractivity contribution in [3.63, 3.8) is 0 Å². The minimum Gasteiger partial charge on any atom is -0.321 e. The Kier molecular flexibility index (Phi) is 4.27. The molecule has 0 unspecified atom stereocenters. The standard InChI is InChI=1S/C19H20N6OS/c1-11(2)25-18-14(8-21-25)7-15(9-20-18)23-17(26)6-5-16-13(4)22-19-24(16)10-12(3)27-19/h5-11H,1-4H3,(H,23,26)/b6-5+. The summed E-state index contributed by atoms with van der Waals surface area (Å²) < 4.78 is 3.87. The van der Waals surface area contributed by atoms with E-state index in [1.54, 1.807) is 29.8 Å². The van der Waals surface area contributed by atoms with E-state index in [-0.39, 0.29) is 11.9 Å². The molecule has 1 N–H and O–H groups in total. The molecule has 0 radical (unpaired) electrons. The molecule has 0 aliphatic carbocycles. The molecule has 0 saturated carbocycles. The number of anilines is 1. The first-order valence-corrected chi connectivity index (χ1v) is 9.51. The molecule has 4 aromatic heterocycles. The van der Waals surface area contributed by atoms with Crippen molar-refractivity contribution in [3.05, 3.63) is 47.0 Å². The van der Waals surface area contributed by atoms with Crippen LogP contribution in [0, 0.1) is 13.8 Å². The Morgan fingerprint density at radius 2 is 2.11 bits per heavy atom. The largest absolute Gasteiger partial charge is 0.321 e. The number of aromatic nitrogens is 5. The number of imidazole rings is 1. The number of carbonyl (C=O) groups excluding carboxylic acids is 1. The van der Waals surface area contributed by atoms with Gasteiger partial charge in [0.25, 0.3) is 0 Å². The minimum atomic E-state index is -0.214. The highest BCUT2D eigenvalue weighted by Gasteiger charge is 2.10. The normalized spacial score (nSPS) is 12.0. The van der Waals surface area contributed by atoms with Crippen molar-refractivity contribution in [2.75, 3.05) is 5.32 Å². The van der Waals surface area contributed by atoms with Crippen LogP contribution >= 0.6 is 11.3 Å². The number of nitrogens with one attached hydrogen (secondary N) is 1. The number of nitrogens with zero attached hydrogens (tertiary/aromatic N) is 5. The van der Waals surface area contributed by atoms with Gasteiger partial charge in [-0.1, -0.05) is 0 Å². The van der Waals surface area contributed by atoms with E-state index >= 15 is 0 Å². The highest BCUT2D eigenvalue weighted by atomic mass is 32.1. The number of aryl methyl sites for hydroxylation is 2. The second-order valence-corrected chi connectivity index (χ2v) is 7.93. The number of thiazole rings is 1. The average molecular weight is 380 g/mol. The number of pyridine rings is 1. The van der Waals surface area contributed by atoms with E-state index in [1.807, 2.05) is 35.2 Å². The zero-order chi connectivity index (χ0) is 19.1. The summed E-state index contributed by atoms with van der Waals surface area (Å²) in [6.45, 7) is 8.09. The number of fused-ring (bicyclic) bond motifs is 2. The summed E-state index contributed by atoms with van der Waals surface area (Å²) in [5.41, 5.74) is 3.26. The number of hydrogen-bond acceptors (Lipinski definition) is 5.